The van der Waals surface area contributed by atoms with Gasteiger partial charge in [0.1, 0.15) is 35.5 Å². The van der Waals surface area contributed by atoms with Gasteiger partial charge in [-0.05, 0) is 48.2 Å². The molecule has 0 saturated carbocycles. The molecule has 2 aliphatic rings. The van der Waals surface area contributed by atoms with Crippen molar-refractivity contribution in [1.82, 2.24) is 29.9 Å². The van der Waals surface area contributed by atoms with Gasteiger partial charge in [0, 0.05) is 41.6 Å². The summed E-state index contributed by atoms with van der Waals surface area (Å²) in [6, 6.07) is 9.14. The van der Waals surface area contributed by atoms with E-state index in [1.807, 2.05) is 0 Å². The zero-order valence-corrected chi connectivity index (χ0v) is 30.0. The maximum absolute atomic E-state index is 15.5. The van der Waals surface area contributed by atoms with E-state index in [4.69, 9.17) is 0 Å². The topological polar surface area (TPSA) is 144 Å². The van der Waals surface area contributed by atoms with E-state index in [2.05, 4.69) is 48.9 Å². The average Bonchev–Trinajstić information content (AvgIpc) is 3.64. The summed E-state index contributed by atoms with van der Waals surface area (Å²) < 4.78 is 131. The summed E-state index contributed by atoms with van der Waals surface area (Å²) in [6.07, 6.45) is -4.51. The van der Waals surface area contributed by atoms with Crippen LogP contribution >= 0.6 is 0 Å². The summed E-state index contributed by atoms with van der Waals surface area (Å²) in [6.45, 7) is -1.39. The Morgan fingerprint density at radius 2 is 1.80 bits per heavy atom. The van der Waals surface area contributed by atoms with Crippen LogP contribution in [0, 0.1) is 41.2 Å². The molecular weight excluding hydrogens is 772 g/mol. The maximum atomic E-state index is 15.5. The molecule has 11 nitrogen and oxygen atoms in total. The van der Waals surface area contributed by atoms with Crippen molar-refractivity contribution in [3.8, 4) is 34.8 Å². The second kappa shape index (κ2) is 14.0. The summed E-state index contributed by atoms with van der Waals surface area (Å²) >= 11 is 0. The molecule has 0 saturated heterocycles. The molecule has 0 bridgehead atoms. The predicted molar refractivity (Wildman–Crippen MR) is 187 cm³/mol. The first-order valence-corrected chi connectivity index (χ1v) is 18.6. The Kier molecular flexibility index (Phi) is 9.58. The fraction of sp³-hybridized carbons (Fsp3) is 0.297. The number of hydrogen-bond acceptors (Lipinski definition) is 7. The molecule has 7 rings (SSSR count). The largest absolute Gasteiger partial charge is 0.435 e. The number of hydrogen-bond donors (Lipinski definition) is 3. The van der Waals surface area contributed by atoms with E-state index in [9.17, 15) is 40.3 Å². The van der Waals surface area contributed by atoms with Gasteiger partial charge in [0.05, 0.1) is 36.0 Å². The molecule has 19 heteroatoms. The first-order chi connectivity index (χ1) is 26.4. The molecule has 1 amide bonds. The lowest BCUT2D eigenvalue weighted by Crippen LogP contribution is -2.36. The third kappa shape index (κ3) is 7.15. The zero-order chi connectivity index (χ0) is 40.3. The maximum Gasteiger partial charge on any atom is 0.435 e. The van der Waals surface area contributed by atoms with Crippen molar-refractivity contribution in [3.63, 3.8) is 0 Å². The van der Waals surface area contributed by atoms with Crippen molar-refractivity contribution in [3.05, 3.63) is 94.1 Å². The van der Waals surface area contributed by atoms with Crippen LogP contribution in [0.15, 0.2) is 48.5 Å². The summed E-state index contributed by atoms with van der Waals surface area (Å²) in [7, 11) is -2.23. The average molecular weight is 800 g/mol. The molecule has 290 valence electrons. The molecular formula is C37H28F7N7O4S. The number of para-hydroxylation sites is 1. The summed E-state index contributed by atoms with van der Waals surface area (Å²) in [5.74, 6) is 0.0271. The molecule has 56 heavy (non-hydrogen) atoms. The van der Waals surface area contributed by atoms with E-state index in [1.54, 1.807) is 31.3 Å². The molecule has 3 atom stereocenters. The number of nitrogens with zero attached hydrogens (tertiary/aromatic N) is 5. The van der Waals surface area contributed by atoms with E-state index < -0.39 is 81.0 Å². The van der Waals surface area contributed by atoms with Crippen molar-refractivity contribution < 1.29 is 49.1 Å². The number of aryl methyl sites for hydroxylation is 1. The zero-order valence-electron chi connectivity index (χ0n) is 29.1. The number of fused-ring (bicyclic) bond motifs is 4. The molecule has 3 aromatic heterocycles. The van der Waals surface area contributed by atoms with Gasteiger partial charge < -0.3 is 10.4 Å². The Morgan fingerprint density at radius 1 is 1.07 bits per heavy atom. The van der Waals surface area contributed by atoms with Crippen molar-refractivity contribution in [2.75, 3.05) is 17.6 Å². The van der Waals surface area contributed by atoms with Crippen LogP contribution in [0.2, 0.25) is 0 Å². The van der Waals surface area contributed by atoms with Crippen molar-refractivity contribution in [2.24, 2.45) is 13.0 Å². The molecule has 0 radical (unpaired) electrons. The number of nitrogens with one attached hydrogen (secondary N) is 2. The van der Waals surface area contributed by atoms with Crippen molar-refractivity contribution >= 4 is 32.7 Å². The van der Waals surface area contributed by atoms with E-state index in [0.717, 1.165) is 18.4 Å². The number of rotatable bonds is 10. The summed E-state index contributed by atoms with van der Waals surface area (Å²) in [5, 5.41) is 20.0. The molecule has 1 unspecified atom stereocenters. The van der Waals surface area contributed by atoms with Crippen LogP contribution in [0.3, 0.4) is 0 Å². The van der Waals surface area contributed by atoms with Crippen LogP contribution in [0.25, 0.3) is 22.0 Å². The summed E-state index contributed by atoms with van der Waals surface area (Å²) in [4.78, 5) is 18.5. The highest BCUT2D eigenvalue weighted by molar-refractivity contribution is 7.92. The third-order valence-corrected chi connectivity index (χ3v) is 9.70. The smallest absolute Gasteiger partial charge is 0.395 e. The normalized spacial score (nSPS) is 17.2. The minimum absolute atomic E-state index is 0.00597. The lowest BCUT2D eigenvalue weighted by atomic mass is 9.84. The molecule has 2 aliphatic carbocycles. The molecule has 5 aromatic rings. The lowest BCUT2D eigenvalue weighted by molar-refractivity contribution is -0.142. The Morgan fingerprint density at radius 3 is 2.45 bits per heavy atom. The predicted octanol–water partition coefficient (Wildman–Crippen LogP) is 5.16. The molecule has 2 aromatic carbocycles. The van der Waals surface area contributed by atoms with E-state index in [0.29, 0.717) is 27.2 Å². The van der Waals surface area contributed by atoms with Crippen LogP contribution in [-0.4, -0.2) is 56.8 Å². The molecule has 0 spiro atoms. The van der Waals surface area contributed by atoms with Crippen molar-refractivity contribution in [2.45, 2.75) is 43.4 Å². The number of aliphatic hydroxyl groups is 1. The highest BCUT2D eigenvalue weighted by atomic mass is 32.2. The highest BCUT2D eigenvalue weighted by Crippen LogP contribution is 2.58. The first kappa shape index (κ1) is 38.4. The number of alkyl halides is 5. The van der Waals surface area contributed by atoms with Gasteiger partial charge in [0.2, 0.25) is 15.9 Å². The fourth-order valence-corrected chi connectivity index (χ4v) is 7.49. The Balaban J connectivity index is 1.36. The van der Waals surface area contributed by atoms with E-state index >= 15 is 8.78 Å². The second-order valence-electron chi connectivity index (χ2n) is 13.2. The van der Waals surface area contributed by atoms with Gasteiger partial charge in [0.25, 0.3) is 0 Å². The monoisotopic (exact) mass is 799 g/mol. The number of pyridine rings is 1. The van der Waals surface area contributed by atoms with Gasteiger partial charge in [0.15, 0.2) is 11.5 Å². The molecule has 0 fully saturated rings. The number of benzene rings is 2. The minimum Gasteiger partial charge on any atom is -0.395 e. The van der Waals surface area contributed by atoms with Crippen LogP contribution in [-0.2, 0) is 46.9 Å². The number of aliphatic hydroxyl groups excluding tert-OH is 1. The van der Waals surface area contributed by atoms with E-state index in [-0.39, 0.29) is 47.8 Å². The summed E-state index contributed by atoms with van der Waals surface area (Å²) in [5.41, 5.74) is -2.29. The number of amides is 1. The highest BCUT2D eigenvalue weighted by Gasteiger charge is 2.62. The van der Waals surface area contributed by atoms with Crippen molar-refractivity contribution in [1.29, 1.82) is 0 Å². The second-order valence-corrected chi connectivity index (χ2v) is 14.9. The number of halogens is 7. The quantitative estimate of drug-likeness (QED) is 0.131. The molecule has 3 heterocycles. The van der Waals surface area contributed by atoms with Gasteiger partial charge in [-0.25, -0.2) is 22.2 Å². The van der Waals surface area contributed by atoms with E-state index in [1.165, 1.54) is 10.7 Å². The van der Waals surface area contributed by atoms with Crippen LogP contribution in [0.4, 0.5) is 36.6 Å². The number of sulfonamides is 1. The van der Waals surface area contributed by atoms with Gasteiger partial charge in [-0.3, -0.25) is 18.9 Å². The van der Waals surface area contributed by atoms with Crippen LogP contribution in [0.1, 0.15) is 52.3 Å². The number of carbonyl (C=O) groups excluding carboxylic acids is 1. The lowest BCUT2D eigenvalue weighted by Gasteiger charge is -2.24. The minimum atomic E-state index is -5.14. The Bertz CT molecular complexity index is 2650. The number of carbonyl (C=O) groups is 1. The Labute approximate surface area is 314 Å². The number of anilines is 1. The number of aromatic nitrogens is 5. The fourth-order valence-electron chi connectivity index (χ4n) is 6.99. The standard InChI is InChI=1S/C37H28F7N7O4S/c1-50-32-24(7-5-8-26(32)35(48-50)49-56(2,54)55)23-10-9-22(6-3-4-13-52)45-31(23)28(16-19-14-20(38)17-21(39)15-19)46-29(53)18-51-34-30(33(47-51)37(42,43)44)25-11-12-27(25)36(34,40)41/h5,7-10,14-15,17,25,27-28,52H,4,13,16,18H2,1-2H3,(H,46,53)(H,48,49)/t25-,27+,28?/m0/s1. The molecule has 3 N–H and O–H groups in total. The van der Waals surface area contributed by atoms with Gasteiger partial charge in [-0.15, -0.1) is 0 Å². The Hall–Kier alpha value is -5.92. The van der Waals surface area contributed by atoms with Gasteiger partial charge in [-0.2, -0.15) is 32.1 Å². The SMILES string of the molecule is Cn1nc(NS(C)(=O)=O)c2cccc(-c3ccc(C#CCCO)nc3C(Cc3cc(F)cc(F)c3)NC(=O)Cn3nc(C(F)(F)F)c4c3C(F)(F)[C@@H]3C#C[C@H]43)c21. The van der Waals surface area contributed by atoms with Crippen LogP contribution < -0.4 is 10.0 Å². The first-order valence-electron chi connectivity index (χ1n) is 16.7. The third-order valence-electron chi connectivity index (χ3n) is 9.14. The van der Waals surface area contributed by atoms with Gasteiger partial charge in [-0.1, -0.05) is 29.9 Å². The molecule has 0 aliphatic heterocycles. The van der Waals surface area contributed by atoms with Crippen LogP contribution in [0.5, 0.6) is 0 Å². The van der Waals surface area contributed by atoms with Gasteiger partial charge >= 0.3 is 12.1 Å².